The third-order valence-corrected chi connectivity index (χ3v) is 2.44. The van der Waals surface area contributed by atoms with Crippen molar-refractivity contribution in [1.29, 1.82) is 0 Å². The molecule has 0 aromatic carbocycles. The van der Waals surface area contributed by atoms with E-state index in [4.69, 9.17) is 9.47 Å². The fourth-order valence-electron chi connectivity index (χ4n) is 1.37. The second kappa shape index (κ2) is 10.1. The van der Waals surface area contributed by atoms with Gasteiger partial charge in [0.2, 0.25) is 0 Å². The van der Waals surface area contributed by atoms with Crippen LogP contribution in [0.3, 0.4) is 0 Å². The van der Waals surface area contributed by atoms with Crippen molar-refractivity contribution in [3.8, 4) is 0 Å². The van der Waals surface area contributed by atoms with Gasteiger partial charge in [0.25, 0.3) is 0 Å². The molecule has 0 saturated carbocycles. The molecule has 0 aliphatic rings. The summed E-state index contributed by atoms with van der Waals surface area (Å²) in [6.07, 6.45) is 1.46. The predicted octanol–water partition coefficient (Wildman–Crippen LogP) is 2.45. The first kappa shape index (κ1) is 15.9. The maximum Gasteiger partial charge on any atom is 0.0703 e. The molecule has 0 rings (SSSR count). The first-order chi connectivity index (χ1) is 7.57. The number of ether oxygens (including phenoxy) is 2. The number of hydrogen-bond acceptors (Lipinski definition) is 3. The molecule has 3 heteroatoms. The van der Waals surface area contributed by atoms with Gasteiger partial charge >= 0.3 is 0 Å². The lowest BCUT2D eigenvalue weighted by Crippen LogP contribution is -2.38. The molecule has 1 unspecified atom stereocenters. The van der Waals surface area contributed by atoms with E-state index in [-0.39, 0.29) is 0 Å². The molecule has 1 atom stereocenters. The first-order valence-corrected chi connectivity index (χ1v) is 6.50. The molecule has 0 aliphatic carbocycles. The molecule has 0 heterocycles. The molecule has 1 N–H and O–H groups in total. The van der Waals surface area contributed by atoms with Gasteiger partial charge in [-0.2, -0.15) is 0 Å². The van der Waals surface area contributed by atoms with E-state index in [9.17, 15) is 0 Å². The summed E-state index contributed by atoms with van der Waals surface area (Å²) in [5, 5.41) is 3.50. The molecule has 0 aliphatic heterocycles. The molecule has 98 valence electrons. The van der Waals surface area contributed by atoms with Gasteiger partial charge in [0, 0.05) is 6.04 Å². The Bertz CT molecular complexity index is 149. The Morgan fingerprint density at radius 2 is 1.75 bits per heavy atom. The van der Waals surface area contributed by atoms with E-state index in [1.807, 2.05) is 13.8 Å². The van der Waals surface area contributed by atoms with E-state index in [0.29, 0.717) is 31.3 Å². The van der Waals surface area contributed by atoms with Gasteiger partial charge in [-0.15, -0.1) is 0 Å². The fourth-order valence-corrected chi connectivity index (χ4v) is 1.37. The maximum absolute atomic E-state index is 5.62. The zero-order valence-corrected chi connectivity index (χ0v) is 11.6. The van der Waals surface area contributed by atoms with Crippen LogP contribution < -0.4 is 5.32 Å². The standard InChI is InChI=1S/C13H29NO2/c1-6-7-14-13(11(2)3)10-15-8-9-16-12(4)5/h11-14H,6-10H2,1-5H3. The van der Waals surface area contributed by atoms with Crippen molar-refractivity contribution in [2.75, 3.05) is 26.4 Å². The predicted molar refractivity (Wildman–Crippen MR) is 68.8 cm³/mol. The highest BCUT2D eigenvalue weighted by molar-refractivity contribution is 4.69. The topological polar surface area (TPSA) is 30.5 Å². The van der Waals surface area contributed by atoms with Crippen LogP contribution in [-0.4, -0.2) is 38.5 Å². The molecule has 0 radical (unpaired) electrons. The summed E-state index contributed by atoms with van der Waals surface area (Å²) in [6.45, 7) is 13.9. The first-order valence-electron chi connectivity index (χ1n) is 6.50. The second-order valence-corrected chi connectivity index (χ2v) is 4.80. The minimum absolute atomic E-state index is 0.294. The maximum atomic E-state index is 5.62. The van der Waals surface area contributed by atoms with E-state index in [2.05, 4.69) is 26.1 Å². The summed E-state index contributed by atoms with van der Waals surface area (Å²) in [4.78, 5) is 0. The lowest BCUT2D eigenvalue weighted by molar-refractivity contribution is 0.0106. The summed E-state index contributed by atoms with van der Waals surface area (Å²) in [5.41, 5.74) is 0. The molecule has 0 amide bonds. The van der Waals surface area contributed by atoms with Crippen LogP contribution in [0, 0.1) is 5.92 Å². The lowest BCUT2D eigenvalue weighted by atomic mass is 10.1. The molecule has 3 nitrogen and oxygen atoms in total. The van der Waals surface area contributed by atoms with Crippen molar-refractivity contribution >= 4 is 0 Å². The largest absolute Gasteiger partial charge is 0.377 e. The summed E-state index contributed by atoms with van der Waals surface area (Å²) < 4.78 is 11.0. The van der Waals surface area contributed by atoms with Crippen molar-refractivity contribution < 1.29 is 9.47 Å². The molecule has 0 bridgehead atoms. The van der Waals surface area contributed by atoms with Crippen LogP contribution >= 0.6 is 0 Å². The van der Waals surface area contributed by atoms with Gasteiger partial charge in [0.1, 0.15) is 0 Å². The van der Waals surface area contributed by atoms with Gasteiger partial charge in [-0.3, -0.25) is 0 Å². The van der Waals surface area contributed by atoms with E-state index < -0.39 is 0 Å². The molecule has 0 aromatic rings. The van der Waals surface area contributed by atoms with E-state index >= 15 is 0 Å². The van der Waals surface area contributed by atoms with Gasteiger partial charge in [-0.05, 0) is 32.7 Å². The van der Waals surface area contributed by atoms with Crippen molar-refractivity contribution in [1.82, 2.24) is 5.32 Å². The zero-order chi connectivity index (χ0) is 12.4. The van der Waals surface area contributed by atoms with Crippen molar-refractivity contribution in [3.05, 3.63) is 0 Å². The SMILES string of the molecule is CCCNC(COCCOC(C)C)C(C)C. The highest BCUT2D eigenvalue weighted by Gasteiger charge is 2.11. The summed E-state index contributed by atoms with van der Waals surface area (Å²) in [7, 11) is 0. The molecule has 0 aromatic heterocycles. The molecule has 0 fully saturated rings. The van der Waals surface area contributed by atoms with Crippen LogP contribution in [0.2, 0.25) is 0 Å². The fraction of sp³-hybridized carbons (Fsp3) is 1.00. The molecule has 0 saturated heterocycles. The van der Waals surface area contributed by atoms with Gasteiger partial charge in [0.05, 0.1) is 25.9 Å². The Labute approximate surface area is 101 Å². The molecular formula is C13H29NO2. The molecular weight excluding hydrogens is 202 g/mol. The Balaban J connectivity index is 3.52. The minimum Gasteiger partial charge on any atom is -0.377 e. The average Bonchev–Trinajstić information content (AvgIpc) is 2.21. The van der Waals surface area contributed by atoms with Crippen LogP contribution in [0.25, 0.3) is 0 Å². The zero-order valence-electron chi connectivity index (χ0n) is 11.6. The number of nitrogens with one attached hydrogen (secondary N) is 1. The Morgan fingerprint density at radius 3 is 2.25 bits per heavy atom. The van der Waals surface area contributed by atoms with Crippen LogP contribution in [0.15, 0.2) is 0 Å². The van der Waals surface area contributed by atoms with Crippen molar-refractivity contribution in [2.45, 2.75) is 53.2 Å². The third-order valence-electron chi connectivity index (χ3n) is 2.44. The van der Waals surface area contributed by atoms with Crippen molar-refractivity contribution in [3.63, 3.8) is 0 Å². The highest BCUT2D eigenvalue weighted by atomic mass is 16.5. The smallest absolute Gasteiger partial charge is 0.0703 e. The Morgan fingerprint density at radius 1 is 1.06 bits per heavy atom. The quantitative estimate of drug-likeness (QED) is 0.586. The monoisotopic (exact) mass is 231 g/mol. The normalized spacial score (nSPS) is 13.7. The Kier molecular flexibility index (Phi) is 9.99. The van der Waals surface area contributed by atoms with Crippen LogP contribution in [0.5, 0.6) is 0 Å². The summed E-state index contributed by atoms with van der Waals surface area (Å²) in [6, 6.07) is 0.457. The average molecular weight is 231 g/mol. The number of hydrogen-bond donors (Lipinski definition) is 1. The van der Waals surface area contributed by atoms with E-state index in [1.165, 1.54) is 6.42 Å². The minimum atomic E-state index is 0.294. The van der Waals surface area contributed by atoms with Crippen molar-refractivity contribution in [2.24, 2.45) is 5.92 Å². The number of rotatable bonds is 10. The summed E-state index contributed by atoms with van der Waals surface area (Å²) >= 11 is 0. The van der Waals surface area contributed by atoms with Gasteiger partial charge < -0.3 is 14.8 Å². The Hall–Kier alpha value is -0.120. The van der Waals surface area contributed by atoms with E-state index in [1.54, 1.807) is 0 Å². The third kappa shape index (κ3) is 9.13. The second-order valence-electron chi connectivity index (χ2n) is 4.80. The molecule has 0 spiro atoms. The van der Waals surface area contributed by atoms with Crippen LogP contribution in [0.4, 0.5) is 0 Å². The van der Waals surface area contributed by atoms with Crippen LogP contribution in [-0.2, 0) is 9.47 Å². The van der Waals surface area contributed by atoms with Gasteiger partial charge in [0.15, 0.2) is 0 Å². The molecule has 16 heavy (non-hydrogen) atoms. The lowest BCUT2D eigenvalue weighted by Gasteiger charge is -2.22. The summed E-state index contributed by atoms with van der Waals surface area (Å²) in [5.74, 6) is 0.609. The van der Waals surface area contributed by atoms with Gasteiger partial charge in [-0.25, -0.2) is 0 Å². The van der Waals surface area contributed by atoms with Gasteiger partial charge in [-0.1, -0.05) is 20.8 Å². The van der Waals surface area contributed by atoms with E-state index in [0.717, 1.165) is 13.2 Å². The van der Waals surface area contributed by atoms with Crippen LogP contribution in [0.1, 0.15) is 41.0 Å². The highest BCUT2D eigenvalue weighted by Crippen LogP contribution is 2.02.